The predicted octanol–water partition coefficient (Wildman–Crippen LogP) is 3.04. The number of nitrogens with one attached hydrogen (secondary N) is 1. The second-order valence-electron chi connectivity index (χ2n) is 4.73. The van der Waals surface area contributed by atoms with E-state index in [9.17, 15) is 4.79 Å². The highest BCUT2D eigenvalue weighted by Gasteiger charge is 2.14. The zero-order valence-electron chi connectivity index (χ0n) is 11.4. The van der Waals surface area contributed by atoms with Crippen molar-refractivity contribution in [1.29, 1.82) is 0 Å². The maximum atomic E-state index is 11.7. The molecule has 0 spiro atoms. The number of benzene rings is 1. The molecule has 2 aromatic rings. The standard InChI is InChI=1S/C15H19NO2/c1-5-16-13(17)7-12-8-18-15-11(4)9(2)6-10(3)14(12)15/h6,8H,5,7H2,1-4H3,(H,16,17). The van der Waals surface area contributed by atoms with Gasteiger partial charge in [0.2, 0.25) is 5.91 Å². The van der Waals surface area contributed by atoms with E-state index >= 15 is 0 Å². The highest BCUT2D eigenvalue weighted by atomic mass is 16.3. The molecule has 0 aliphatic carbocycles. The van der Waals surface area contributed by atoms with E-state index in [0.717, 1.165) is 22.1 Å². The highest BCUT2D eigenvalue weighted by Crippen LogP contribution is 2.30. The van der Waals surface area contributed by atoms with Gasteiger partial charge >= 0.3 is 0 Å². The molecule has 0 unspecified atom stereocenters. The molecule has 1 heterocycles. The van der Waals surface area contributed by atoms with Crippen molar-refractivity contribution in [3.05, 3.63) is 34.6 Å². The van der Waals surface area contributed by atoms with Crippen LogP contribution in [-0.2, 0) is 11.2 Å². The van der Waals surface area contributed by atoms with Crippen LogP contribution in [0, 0.1) is 20.8 Å². The van der Waals surface area contributed by atoms with Crippen molar-refractivity contribution in [2.45, 2.75) is 34.1 Å². The smallest absolute Gasteiger partial charge is 0.224 e. The van der Waals surface area contributed by atoms with Gasteiger partial charge in [-0.25, -0.2) is 0 Å². The monoisotopic (exact) mass is 245 g/mol. The van der Waals surface area contributed by atoms with Crippen LogP contribution < -0.4 is 5.32 Å². The lowest BCUT2D eigenvalue weighted by atomic mass is 9.99. The molecular weight excluding hydrogens is 226 g/mol. The van der Waals surface area contributed by atoms with Crippen LogP contribution >= 0.6 is 0 Å². The van der Waals surface area contributed by atoms with Crippen molar-refractivity contribution in [2.24, 2.45) is 0 Å². The first kappa shape index (κ1) is 12.7. The van der Waals surface area contributed by atoms with Gasteiger partial charge in [0, 0.05) is 17.5 Å². The third-order valence-electron chi connectivity index (χ3n) is 3.35. The van der Waals surface area contributed by atoms with Gasteiger partial charge in [0.15, 0.2) is 0 Å². The van der Waals surface area contributed by atoms with Gasteiger partial charge in [-0.1, -0.05) is 6.07 Å². The molecule has 0 aliphatic rings. The van der Waals surface area contributed by atoms with E-state index in [2.05, 4.69) is 32.2 Å². The summed E-state index contributed by atoms with van der Waals surface area (Å²) in [5.41, 5.74) is 5.42. The second-order valence-corrected chi connectivity index (χ2v) is 4.73. The van der Waals surface area contributed by atoms with E-state index in [1.54, 1.807) is 6.26 Å². The summed E-state index contributed by atoms with van der Waals surface area (Å²) >= 11 is 0. The molecule has 1 N–H and O–H groups in total. The topological polar surface area (TPSA) is 42.2 Å². The molecule has 2 rings (SSSR count). The summed E-state index contributed by atoms with van der Waals surface area (Å²) in [5.74, 6) is 0.0397. The number of carbonyl (C=O) groups is 1. The minimum absolute atomic E-state index is 0.0397. The number of rotatable bonds is 3. The summed E-state index contributed by atoms with van der Waals surface area (Å²) in [6, 6.07) is 2.15. The van der Waals surface area contributed by atoms with Gasteiger partial charge in [0.1, 0.15) is 5.58 Å². The Morgan fingerprint density at radius 2 is 2.00 bits per heavy atom. The minimum Gasteiger partial charge on any atom is -0.464 e. The third-order valence-corrected chi connectivity index (χ3v) is 3.35. The molecular formula is C15H19NO2. The average molecular weight is 245 g/mol. The van der Waals surface area contributed by atoms with Crippen molar-refractivity contribution in [1.82, 2.24) is 5.32 Å². The Labute approximate surface area is 107 Å². The van der Waals surface area contributed by atoms with Gasteiger partial charge in [-0.3, -0.25) is 4.79 Å². The summed E-state index contributed by atoms with van der Waals surface area (Å²) in [6.07, 6.45) is 2.09. The lowest BCUT2D eigenvalue weighted by Gasteiger charge is -2.06. The summed E-state index contributed by atoms with van der Waals surface area (Å²) in [5, 5.41) is 3.90. The van der Waals surface area contributed by atoms with E-state index in [1.807, 2.05) is 6.92 Å². The van der Waals surface area contributed by atoms with E-state index in [-0.39, 0.29) is 5.91 Å². The first-order valence-electron chi connectivity index (χ1n) is 6.28. The number of likely N-dealkylation sites (N-methyl/N-ethyl adjacent to an activating group) is 1. The molecule has 96 valence electrons. The van der Waals surface area contributed by atoms with Crippen LogP contribution in [0.25, 0.3) is 11.0 Å². The number of hydrogen-bond acceptors (Lipinski definition) is 2. The Kier molecular flexibility index (Phi) is 3.41. The Hall–Kier alpha value is -1.77. The summed E-state index contributed by atoms with van der Waals surface area (Å²) in [7, 11) is 0. The summed E-state index contributed by atoms with van der Waals surface area (Å²) in [6.45, 7) is 8.77. The SMILES string of the molecule is CCNC(=O)Cc1coc2c(C)c(C)cc(C)c12. The van der Waals surface area contributed by atoms with Crippen molar-refractivity contribution in [3.8, 4) is 0 Å². The van der Waals surface area contributed by atoms with Gasteiger partial charge in [0.25, 0.3) is 0 Å². The van der Waals surface area contributed by atoms with Crippen LogP contribution in [0.3, 0.4) is 0 Å². The van der Waals surface area contributed by atoms with Crippen molar-refractivity contribution < 1.29 is 9.21 Å². The third kappa shape index (κ3) is 2.13. The first-order valence-corrected chi connectivity index (χ1v) is 6.28. The van der Waals surface area contributed by atoms with Crippen molar-refractivity contribution in [2.75, 3.05) is 6.54 Å². The fourth-order valence-electron chi connectivity index (χ4n) is 2.35. The summed E-state index contributed by atoms with van der Waals surface area (Å²) < 4.78 is 5.64. The zero-order chi connectivity index (χ0) is 13.3. The van der Waals surface area contributed by atoms with Gasteiger partial charge in [-0.15, -0.1) is 0 Å². The van der Waals surface area contributed by atoms with Gasteiger partial charge in [-0.05, 0) is 44.4 Å². The van der Waals surface area contributed by atoms with Crippen LogP contribution in [-0.4, -0.2) is 12.5 Å². The van der Waals surface area contributed by atoms with Gasteiger partial charge in [-0.2, -0.15) is 0 Å². The Morgan fingerprint density at radius 3 is 2.67 bits per heavy atom. The molecule has 0 saturated heterocycles. The maximum Gasteiger partial charge on any atom is 0.224 e. The molecule has 0 bridgehead atoms. The van der Waals surface area contributed by atoms with E-state index in [0.29, 0.717) is 13.0 Å². The van der Waals surface area contributed by atoms with Crippen LogP contribution in [0.2, 0.25) is 0 Å². The molecule has 0 saturated carbocycles. The largest absolute Gasteiger partial charge is 0.464 e. The van der Waals surface area contributed by atoms with Crippen molar-refractivity contribution >= 4 is 16.9 Å². The van der Waals surface area contributed by atoms with E-state index in [4.69, 9.17) is 4.42 Å². The molecule has 1 aromatic heterocycles. The van der Waals surface area contributed by atoms with Crippen LogP contribution in [0.15, 0.2) is 16.7 Å². The van der Waals surface area contributed by atoms with Gasteiger partial charge < -0.3 is 9.73 Å². The summed E-state index contributed by atoms with van der Waals surface area (Å²) in [4.78, 5) is 11.7. The maximum absolute atomic E-state index is 11.7. The number of aryl methyl sites for hydroxylation is 3. The Bertz CT molecular complexity index is 596. The Balaban J connectivity index is 2.48. The van der Waals surface area contributed by atoms with Gasteiger partial charge in [0.05, 0.1) is 12.7 Å². The van der Waals surface area contributed by atoms with E-state index in [1.165, 1.54) is 11.1 Å². The van der Waals surface area contributed by atoms with Crippen LogP contribution in [0.4, 0.5) is 0 Å². The number of amides is 1. The second kappa shape index (κ2) is 4.84. The number of fused-ring (bicyclic) bond motifs is 1. The number of hydrogen-bond donors (Lipinski definition) is 1. The molecule has 1 amide bonds. The van der Waals surface area contributed by atoms with Crippen LogP contribution in [0.1, 0.15) is 29.2 Å². The zero-order valence-corrected chi connectivity index (χ0v) is 11.4. The number of furan rings is 1. The Morgan fingerprint density at radius 1 is 1.28 bits per heavy atom. The lowest BCUT2D eigenvalue weighted by molar-refractivity contribution is -0.120. The first-order chi connectivity index (χ1) is 8.54. The molecule has 3 nitrogen and oxygen atoms in total. The fraction of sp³-hybridized carbons (Fsp3) is 0.400. The molecule has 0 atom stereocenters. The average Bonchev–Trinajstić information content (AvgIpc) is 2.70. The molecule has 0 radical (unpaired) electrons. The molecule has 3 heteroatoms. The molecule has 1 aromatic carbocycles. The molecule has 0 aliphatic heterocycles. The molecule has 18 heavy (non-hydrogen) atoms. The van der Waals surface area contributed by atoms with E-state index < -0.39 is 0 Å². The lowest BCUT2D eigenvalue weighted by Crippen LogP contribution is -2.24. The van der Waals surface area contributed by atoms with Crippen molar-refractivity contribution in [3.63, 3.8) is 0 Å². The number of carbonyl (C=O) groups excluding carboxylic acids is 1. The minimum atomic E-state index is 0.0397. The predicted molar refractivity (Wildman–Crippen MR) is 72.8 cm³/mol. The normalized spacial score (nSPS) is 10.9. The molecule has 0 fully saturated rings. The highest BCUT2D eigenvalue weighted by molar-refractivity contribution is 5.91. The quantitative estimate of drug-likeness (QED) is 0.903. The van der Waals surface area contributed by atoms with Crippen LogP contribution in [0.5, 0.6) is 0 Å². The fourth-order valence-corrected chi connectivity index (χ4v) is 2.35.